The van der Waals surface area contributed by atoms with Crippen LogP contribution in [0, 0.1) is 0 Å². The lowest BCUT2D eigenvalue weighted by Gasteiger charge is -2.25. The van der Waals surface area contributed by atoms with E-state index in [2.05, 4.69) is 4.90 Å². The molecule has 0 radical (unpaired) electrons. The summed E-state index contributed by atoms with van der Waals surface area (Å²) >= 11 is 0. The van der Waals surface area contributed by atoms with Gasteiger partial charge in [-0.2, -0.15) is 0 Å². The summed E-state index contributed by atoms with van der Waals surface area (Å²) in [4.78, 5) is 2.49. The van der Waals surface area contributed by atoms with Crippen molar-refractivity contribution in [3.05, 3.63) is 0 Å². The van der Waals surface area contributed by atoms with Gasteiger partial charge in [-0.1, -0.05) is 0 Å². The van der Waals surface area contributed by atoms with Crippen LogP contribution in [0.1, 0.15) is 32.6 Å². The average molecular weight is 201 g/mol. The first-order chi connectivity index (χ1) is 6.74. The molecule has 3 nitrogen and oxygen atoms in total. The van der Waals surface area contributed by atoms with Crippen LogP contribution in [0.3, 0.4) is 0 Å². The van der Waals surface area contributed by atoms with Crippen LogP contribution >= 0.6 is 0 Å². The molecule has 1 aliphatic heterocycles. The number of hydrogen-bond donors (Lipinski definition) is 1. The Hall–Kier alpha value is -0.120. The predicted molar refractivity (Wildman–Crippen MR) is 57.4 cm³/mol. The van der Waals surface area contributed by atoms with E-state index in [9.17, 15) is 5.11 Å². The first kappa shape index (κ1) is 12.0. The van der Waals surface area contributed by atoms with Crippen LogP contribution in [-0.4, -0.2) is 49.0 Å². The van der Waals surface area contributed by atoms with Crippen molar-refractivity contribution < 1.29 is 9.84 Å². The summed E-state index contributed by atoms with van der Waals surface area (Å²) in [5.74, 6) is 0. The molecule has 1 N–H and O–H groups in total. The smallest absolute Gasteiger partial charge is 0.0527 e. The summed E-state index contributed by atoms with van der Waals surface area (Å²) in [5.41, 5.74) is 0. The fourth-order valence-electron chi connectivity index (χ4n) is 2.26. The molecule has 0 aromatic heterocycles. The molecule has 0 saturated carbocycles. The lowest BCUT2D eigenvalue weighted by Crippen LogP contribution is -2.33. The summed E-state index contributed by atoms with van der Waals surface area (Å²) in [5, 5.41) is 9.35. The molecule has 3 heteroatoms. The highest BCUT2D eigenvalue weighted by Crippen LogP contribution is 2.21. The van der Waals surface area contributed by atoms with Crippen LogP contribution in [0.5, 0.6) is 0 Å². The van der Waals surface area contributed by atoms with Crippen LogP contribution in [0.2, 0.25) is 0 Å². The largest absolute Gasteiger partial charge is 0.393 e. The Morgan fingerprint density at radius 1 is 1.57 bits per heavy atom. The number of methoxy groups -OCH3 is 1. The standard InChI is InChI=1S/C11H23NO2/c1-10(13)9-11-5-3-6-12(11)7-4-8-14-2/h10-11,13H,3-9H2,1-2H3. The molecular weight excluding hydrogens is 178 g/mol. The van der Waals surface area contributed by atoms with Crippen molar-refractivity contribution in [2.75, 3.05) is 26.8 Å². The lowest BCUT2D eigenvalue weighted by molar-refractivity contribution is 0.123. The van der Waals surface area contributed by atoms with Crippen LogP contribution in [0.4, 0.5) is 0 Å². The third-order valence-electron chi connectivity index (χ3n) is 2.91. The summed E-state index contributed by atoms with van der Waals surface area (Å²) in [7, 11) is 1.75. The minimum atomic E-state index is -0.164. The second-order valence-electron chi connectivity index (χ2n) is 4.26. The predicted octanol–water partition coefficient (Wildman–Crippen LogP) is 1.26. The molecule has 14 heavy (non-hydrogen) atoms. The van der Waals surface area contributed by atoms with Crippen molar-refractivity contribution in [2.24, 2.45) is 0 Å². The van der Waals surface area contributed by atoms with E-state index in [1.807, 2.05) is 6.92 Å². The molecule has 0 aliphatic carbocycles. The number of ether oxygens (including phenoxy) is 1. The van der Waals surface area contributed by atoms with Crippen molar-refractivity contribution in [3.8, 4) is 0 Å². The second-order valence-corrected chi connectivity index (χ2v) is 4.26. The average Bonchev–Trinajstić information content (AvgIpc) is 2.52. The SMILES string of the molecule is COCCCN1CCCC1CC(C)O. The van der Waals surface area contributed by atoms with Crippen molar-refractivity contribution >= 4 is 0 Å². The van der Waals surface area contributed by atoms with Gasteiger partial charge in [0.2, 0.25) is 0 Å². The third-order valence-corrected chi connectivity index (χ3v) is 2.91. The highest BCUT2D eigenvalue weighted by atomic mass is 16.5. The molecule has 0 aromatic rings. The molecule has 0 aromatic carbocycles. The van der Waals surface area contributed by atoms with Gasteiger partial charge in [0.25, 0.3) is 0 Å². The molecule has 1 heterocycles. The molecule has 0 amide bonds. The van der Waals surface area contributed by atoms with Gasteiger partial charge in [0.15, 0.2) is 0 Å². The van der Waals surface area contributed by atoms with Gasteiger partial charge >= 0.3 is 0 Å². The van der Waals surface area contributed by atoms with Gasteiger partial charge in [-0.05, 0) is 39.2 Å². The summed E-state index contributed by atoms with van der Waals surface area (Å²) < 4.78 is 5.04. The minimum absolute atomic E-state index is 0.164. The zero-order chi connectivity index (χ0) is 10.4. The van der Waals surface area contributed by atoms with Gasteiger partial charge in [-0.25, -0.2) is 0 Å². The van der Waals surface area contributed by atoms with Crippen LogP contribution in [0.25, 0.3) is 0 Å². The number of hydrogen-bond acceptors (Lipinski definition) is 3. The van der Waals surface area contributed by atoms with Gasteiger partial charge in [-0.3, -0.25) is 0 Å². The monoisotopic (exact) mass is 201 g/mol. The van der Waals surface area contributed by atoms with Crippen LogP contribution in [-0.2, 0) is 4.74 Å². The topological polar surface area (TPSA) is 32.7 Å². The quantitative estimate of drug-likeness (QED) is 0.657. The zero-order valence-electron chi connectivity index (χ0n) is 9.41. The van der Waals surface area contributed by atoms with E-state index in [1.54, 1.807) is 7.11 Å². The van der Waals surface area contributed by atoms with E-state index in [0.717, 1.165) is 26.0 Å². The second kappa shape index (κ2) is 6.38. The number of rotatable bonds is 6. The van der Waals surface area contributed by atoms with Gasteiger partial charge in [0.05, 0.1) is 6.10 Å². The minimum Gasteiger partial charge on any atom is -0.393 e. The summed E-state index contributed by atoms with van der Waals surface area (Å²) in [6.07, 6.45) is 4.39. The third kappa shape index (κ3) is 3.95. The zero-order valence-corrected chi connectivity index (χ0v) is 9.41. The maximum atomic E-state index is 9.35. The molecule has 0 bridgehead atoms. The summed E-state index contributed by atoms with van der Waals surface area (Å²) in [6, 6.07) is 0.604. The molecule has 1 rings (SSSR count). The Kier molecular flexibility index (Phi) is 5.45. The fourth-order valence-corrected chi connectivity index (χ4v) is 2.26. The van der Waals surface area contributed by atoms with E-state index >= 15 is 0 Å². The van der Waals surface area contributed by atoms with E-state index in [4.69, 9.17) is 4.74 Å². The Morgan fingerprint density at radius 3 is 3.00 bits per heavy atom. The van der Waals surface area contributed by atoms with E-state index in [-0.39, 0.29) is 6.10 Å². The number of likely N-dealkylation sites (tertiary alicyclic amines) is 1. The number of nitrogens with zero attached hydrogens (tertiary/aromatic N) is 1. The Labute approximate surface area is 87.1 Å². The molecule has 2 atom stereocenters. The first-order valence-electron chi connectivity index (χ1n) is 5.65. The Balaban J connectivity index is 2.21. The van der Waals surface area contributed by atoms with E-state index in [0.29, 0.717) is 6.04 Å². The van der Waals surface area contributed by atoms with Gasteiger partial charge < -0.3 is 14.7 Å². The van der Waals surface area contributed by atoms with Crippen LogP contribution < -0.4 is 0 Å². The van der Waals surface area contributed by atoms with Gasteiger partial charge in [0.1, 0.15) is 0 Å². The Bertz CT molecular complexity index is 150. The van der Waals surface area contributed by atoms with Crippen LogP contribution in [0.15, 0.2) is 0 Å². The molecule has 1 fully saturated rings. The van der Waals surface area contributed by atoms with E-state index < -0.39 is 0 Å². The normalized spacial score (nSPS) is 25.5. The maximum Gasteiger partial charge on any atom is 0.0527 e. The Morgan fingerprint density at radius 2 is 2.36 bits per heavy atom. The molecular formula is C11H23NO2. The van der Waals surface area contributed by atoms with Crippen molar-refractivity contribution in [2.45, 2.75) is 44.8 Å². The van der Waals surface area contributed by atoms with Crippen molar-refractivity contribution in [1.82, 2.24) is 4.90 Å². The van der Waals surface area contributed by atoms with Gasteiger partial charge in [0, 0.05) is 26.3 Å². The van der Waals surface area contributed by atoms with E-state index in [1.165, 1.54) is 19.4 Å². The maximum absolute atomic E-state index is 9.35. The highest BCUT2D eigenvalue weighted by Gasteiger charge is 2.24. The van der Waals surface area contributed by atoms with Crippen molar-refractivity contribution in [1.29, 1.82) is 0 Å². The van der Waals surface area contributed by atoms with Crippen molar-refractivity contribution in [3.63, 3.8) is 0 Å². The number of aliphatic hydroxyl groups is 1. The summed E-state index contributed by atoms with van der Waals surface area (Å²) in [6.45, 7) is 5.04. The molecule has 0 spiro atoms. The fraction of sp³-hybridized carbons (Fsp3) is 1.00. The molecule has 1 saturated heterocycles. The van der Waals surface area contributed by atoms with Gasteiger partial charge in [-0.15, -0.1) is 0 Å². The highest BCUT2D eigenvalue weighted by molar-refractivity contribution is 4.80. The molecule has 84 valence electrons. The molecule has 2 unspecified atom stereocenters. The molecule has 1 aliphatic rings. The lowest BCUT2D eigenvalue weighted by atomic mass is 10.1. The first-order valence-corrected chi connectivity index (χ1v) is 5.65. The number of aliphatic hydroxyl groups excluding tert-OH is 1.